The number of nitrogens with one attached hydrogen (secondary N) is 2. The standard InChI is InChI=1S/C15H17N3O3S/c19-8-9-3-5-18(6-4-9)14(21)10-1-2-11-12(7-10)16-15(22)17-13(11)20/h1-2,7,9,19H,3-6,8H2,(H2,16,17,20,22). The summed E-state index contributed by atoms with van der Waals surface area (Å²) in [5, 5.41) is 9.63. The van der Waals surface area contributed by atoms with E-state index in [4.69, 9.17) is 17.3 Å². The van der Waals surface area contributed by atoms with Gasteiger partial charge in [0.25, 0.3) is 11.5 Å². The normalized spacial score (nSPS) is 16.1. The van der Waals surface area contributed by atoms with Crippen molar-refractivity contribution < 1.29 is 9.90 Å². The summed E-state index contributed by atoms with van der Waals surface area (Å²) >= 11 is 4.96. The number of aliphatic hydroxyl groups is 1. The molecule has 22 heavy (non-hydrogen) atoms. The van der Waals surface area contributed by atoms with Crippen molar-refractivity contribution >= 4 is 29.0 Å². The summed E-state index contributed by atoms with van der Waals surface area (Å²) in [5.41, 5.74) is 0.831. The van der Waals surface area contributed by atoms with Crippen molar-refractivity contribution in [1.82, 2.24) is 14.9 Å². The number of fused-ring (bicyclic) bond motifs is 1. The van der Waals surface area contributed by atoms with Gasteiger partial charge in [0.15, 0.2) is 4.77 Å². The largest absolute Gasteiger partial charge is 0.396 e. The number of benzene rings is 1. The van der Waals surface area contributed by atoms with Crippen molar-refractivity contribution in [2.45, 2.75) is 12.8 Å². The van der Waals surface area contributed by atoms with Gasteiger partial charge in [-0.05, 0) is 49.2 Å². The molecule has 2 heterocycles. The van der Waals surface area contributed by atoms with Crippen LogP contribution < -0.4 is 5.56 Å². The first-order valence-corrected chi connectivity index (χ1v) is 7.66. The zero-order valence-corrected chi connectivity index (χ0v) is 12.8. The molecule has 0 aliphatic carbocycles. The topological polar surface area (TPSA) is 89.2 Å². The number of H-pyrrole nitrogens is 2. The van der Waals surface area contributed by atoms with E-state index in [1.54, 1.807) is 23.1 Å². The molecule has 0 bridgehead atoms. The highest BCUT2D eigenvalue weighted by molar-refractivity contribution is 7.71. The lowest BCUT2D eigenvalue weighted by molar-refractivity contribution is 0.0651. The molecule has 1 saturated heterocycles. The summed E-state index contributed by atoms with van der Waals surface area (Å²) in [5.74, 6) is 0.230. The Hall–Kier alpha value is -1.99. The van der Waals surface area contributed by atoms with E-state index in [0.29, 0.717) is 29.6 Å². The van der Waals surface area contributed by atoms with E-state index < -0.39 is 0 Å². The number of likely N-dealkylation sites (tertiary alicyclic amines) is 1. The molecule has 0 radical (unpaired) electrons. The van der Waals surface area contributed by atoms with Crippen LogP contribution in [0.1, 0.15) is 23.2 Å². The maximum Gasteiger partial charge on any atom is 0.259 e. The molecule has 1 aromatic carbocycles. The number of hydrogen-bond acceptors (Lipinski definition) is 4. The van der Waals surface area contributed by atoms with E-state index in [2.05, 4.69) is 9.97 Å². The summed E-state index contributed by atoms with van der Waals surface area (Å²) in [6.45, 7) is 1.47. The first-order valence-electron chi connectivity index (χ1n) is 7.25. The molecule has 0 spiro atoms. The van der Waals surface area contributed by atoms with E-state index in [1.165, 1.54) is 0 Å². The Morgan fingerprint density at radius 1 is 1.32 bits per heavy atom. The lowest BCUT2D eigenvalue weighted by atomic mass is 9.97. The molecule has 1 fully saturated rings. The maximum atomic E-state index is 12.5. The van der Waals surface area contributed by atoms with E-state index in [0.717, 1.165) is 12.8 Å². The molecule has 1 amide bonds. The Kier molecular flexibility index (Phi) is 4.08. The fourth-order valence-corrected chi connectivity index (χ4v) is 3.01. The summed E-state index contributed by atoms with van der Waals surface area (Å²) < 4.78 is 0.242. The Bertz CT molecular complexity index is 819. The minimum Gasteiger partial charge on any atom is -0.396 e. The summed E-state index contributed by atoms with van der Waals surface area (Å²) in [6.07, 6.45) is 1.63. The molecule has 7 heteroatoms. The molecule has 3 rings (SSSR count). The third-order valence-electron chi connectivity index (χ3n) is 4.15. The van der Waals surface area contributed by atoms with Crippen LogP contribution in [-0.4, -0.2) is 45.6 Å². The van der Waals surface area contributed by atoms with Crippen molar-refractivity contribution in [1.29, 1.82) is 0 Å². The second-order valence-corrected chi connectivity index (χ2v) is 6.00. The first-order chi connectivity index (χ1) is 10.6. The second kappa shape index (κ2) is 6.02. The quantitative estimate of drug-likeness (QED) is 0.731. The van der Waals surface area contributed by atoms with Crippen LogP contribution in [0.4, 0.5) is 0 Å². The number of nitrogens with zero attached hydrogens (tertiary/aromatic N) is 1. The molecule has 0 unspecified atom stereocenters. The van der Waals surface area contributed by atoms with Gasteiger partial charge < -0.3 is 15.0 Å². The molecule has 0 atom stereocenters. The van der Waals surface area contributed by atoms with Gasteiger partial charge in [-0.1, -0.05) is 0 Å². The molecule has 1 aliphatic heterocycles. The molecule has 2 aromatic rings. The average Bonchev–Trinajstić information content (AvgIpc) is 2.53. The zero-order valence-electron chi connectivity index (χ0n) is 12.0. The van der Waals surface area contributed by atoms with Gasteiger partial charge >= 0.3 is 0 Å². The third-order valence-corrected chi connectivity index (χ3v) is 4.35. The number of hydrogen-bond donors (Lipinski definition) is 3. The number of amides is 1. The van der Waals surface area contributed by atoms with Crippen molar-refractivity contribution in [3.63, 3.8) is 0 Å². The van der Waals surface area contributed by atoms with Crippen LogP contribution in [-0.2, 0) is 0 Å². The highest BCUT2D eigenvalue weighted by Gasteiger charge is 2.23. The smallest absolute Gasteiger partial charge is 0.259 e. The zero-order chi connectivity index (χ0) is 15.7. The molecular weight excluding hydrogens is 302 g/mol. The van der Waals surface area contributed by atoms with Crippen LogP contribution in [0.3, 0.4) is 0 Å². The monoisotopic (exact) mass is 319 g/mol. The molecule has 1 aromatic heterocycles. The van der Waals surface area contributed by atoms with E-state index in [-0.39, 0.29) is 28.8 Å². The predicted molar refractivity (Wildman–Crippen MR) is 85.5 cm³/mol. The number of piperidine rings is 1. The summed E-state index contributed by atoms with van der Waals surface area (Å²) in [7, 11) is 0. The fraction of sp³-hybridized carbons (Fsp3) is 0.400. The fourth-order valence-electron chi connectivity index (χ4n) is 2.80. The second-order valence-electron chi connectivity index (χ2n) is 5.59. The van der Waals surface area contributed by atoms with Crippen molar-refractivity contribution in [2.24, 2.45) is 5.92 Å². The highest BCUT2D eigenvalue weighted by Crippen LogP contribution is 2.19. The summed E-state index contributed by atoms with van der Waals surface area (Å²) in [6, 6.07) is 4.96. The molecule has 116 valence electrons. The Balaban J connectivity index is 1.89. The van der Waals surface area contributed by atoms with Crippen LogP contribution in [0, 0.1) is 10.7 Å². The number of aromatic nitrogens is 2. The van der Waals surface area contributed by atoms with Gasteiger partial charge in [-0.3, -0.25) is 14.6 Å². The molecular formula is C15H17N3O3S. The number of aromatic amines is 2. The van der Waals surface area contributed by atoms with Crippen molar-refractivity contribution in [3.8, 4) is 0 Å². The van der Waals surface area contributed by atoms with Gasteiger partial charge in [-0.2, -0.15) is 0 Å². The molecule has 3 N–H and O–H groups in total. The van der Waals surface area contributed by atoms with E-state index in [9.17, 15) is 9.59 Å². The lowest BCUT2D eigenvalue weighted by Crippen LogP contribution is -2.39. The predicted octanol–water partition coefficient (Wildman–Crippen LogP) is 1.43. The molecule has 1 aliphatic rings. The first kappa shape index (κ1) is 14.9. The van der Waals surface area contributed by atoms with Gasteiger partial charge in [-0.15, -0.1) is 0 Å². The van der Waals surface area contributed by atoms with Crippen molar-refractivity contribution in [3.05, 3.63) is 38.9 Å². The Morgan fingerprint density at radius 3 is 2.73 bits per heavy atom. The van der Waals surface area contributed by atoms with Gasteiger partial charge in [0, 0.05) is 25.3 Å². The van der Waals surface area contributed by atoms with Gasteiger partial charge in [-0.25, -0.2) is 0 Å². The molecule has 6 nitrogen and oxygen atoms in total. The summed E-state index contributed by atoms with van der Waals surface area (Å²) in [4.78, 5) is 31.5. The van der Waals surface area contributed by atoms with Crippen molar-refractivity contribution in [2.75, 3.05) is 19.7 Å². The Labute approximate surface area is 131 Å². The van der Waals surface area contributed by atoms with Crippen LogP contribution in [0.15, 0.2) is 23.0 Å². The highest BCUT2D eigenvalue weighted by atomic mass is 32.1. The maximum absolute atomic E-state index is 12.5. The number of aliphatic hydroxyl groups excluding tert-OH is 1. The van der Waals surface area contributed by atoms with E-state index >= 15 is 0 Å². The van der Waals surface area contributed by atoms with E-state index in [1.807, 2.05) is 0 Å². The number of rotatable bonds is 2. The third kappa shape index (κ3) is 2.82. The van der Waals surface area contributed by atoms with Crippen LogP contribution in [0.2, 0.25) is 0 Å². The van der Waals surface area contributed by atoms with Crippen LogP contribution in [0.5, 0.6) is 0 Å². The van der Waals surface area contributed by atoms with Gasteiger partial charge in [0.1, 0.15) is 0 Å². The average molecular weight is 319 g/mol. The Morgan fingerprint density at radius 2 is 2.05 bits per heavy atom. The molecule has 0 saturated carbocycles. The van der Waals surface area contributed by atoms with Crippen LogP contribution in [0.25, 0.3) is 10.9 Å². The van der Waals surface area contributed by atoms with Gasteiger partial charge in [0.2, 0.25) is 0 Å². The number of carbonyl (C=O) groups is 1. The SMILES string of the molecule is O=C(c1ccc2c(=O)[nH]c(=S)[nH]c2c1)N1CCC(CO)CC1. The lowest BCUT2D eigenvalue weighted by Gasteiger charge is -2.31. The van der Waals surface area contributed by atoms with Gasteiger partial charge in [0.05, 0.1) is 10.9 Å². The number of carbonyl (C=O) groups excluding carboxylic acids is 1. The minimum atomic E-state index is -0.262. The van der Waals surface area contributed by atoms with Crippen LogP contribution >= 0.6 is 12.2 Å². The minimum absolute atomic E-state index is 0.0575.